The minimum Gasteiger partial charge on any atom is -0.496 e. The Balaban J connectivity index is 1.47. The molecule has 4 aromatic rings. The van der Waals surface area contributed by atoms with Crippen LogP contribution in [0.3, 0.4) is 0 Å². The van der Waals surface area contributed by atoms with E-state index in [1.165, 1.54) is 31.6 Å². The Bertz CT molecular complexity index is 1670. The molecular weight excluding hydrogens is 567 g/mol. The summed E-state index contributed by atoms with van der Waals surface area (Å²) in [4.78, 5) is 28.6. The van der Waals surface area contributed by atoms with Gasteiger partial charge in [0.2, 0.25) is 0 Å². The topological polar surface area (TPSA) is 67.9 Å². The number of methoxy groups -OCH3 is 2. The van der Waals surface area contributed by atoms with Gasteiger partial charge in [0.15, 0.2) is 0 Å². The standard InChI is InChI=1S/C38H43FN2O4/c1-25-10-6-16-31(39)34(25)36(42)40-32(37(43)45-5)24-27-12-7-14-29-28(27)13-9-15-30(29)35-26(11-8-17-33(35)44-4)18-21-41-22-19-38(2,3)20-23-41/h6-17,32H,18-24H2,1-5H3,(H,40,42)/t32-/m0/s1. The molecular formula is C38H43FN2O4. The van der Waals surface area contributed by atoms with Gasteiger partial charge in [-0.2, -0.15) is 0 Å². The van der Waals surface area contributed by atoms with Crippen LogP contribution in [0.4, 0.5) is 4.39 Å². The van der Waals surface area contributed by atoms with Crippen LogP contribution in [0.15, 0.2) is 72.8 Å². The first-order valence-corrected chi connectivity index (χ1v) is 15.6. The highest BCUT2D eigenvalue weighted by Gasteiger charge is 2.27. The smallest absolute Gasteiger partial charge is 0.328 e. The van der Waals surface area contributed by atoms with E-state index in [0.717, 1.165) is 59.3 Å². The fourth-order valence-electron chi connectivity index (χ4n) is 6.40. The Labute approximate surface area is 265 Å². The molecule has 1 saturated heterocycles. The summed E-state index contributed by atoms with van der Waals surface area (Å²) >= 11 is 0. The van der Waals surface area contributed by atoms with E-state index in [1.54, 1.807) is 26.2 Å². The molecule has 6 nitrogen and oxygen atoms in total. The summed E-state index contributed by atoms with van der Waals surface area (Å²) in [7, 11) is 2.98. The zero-order chi connectivity index (χ0) is 32.1. The van der Waals surface area contributed by atoms with Gasteiger partial charge in [0, 0.05) is 18.5 Å². The fraction of sp³-hybridized carbons (Fsp3) is 0.368. The van der Waals surface area contributed by atoms with Crippen LogP contribution in [0.25, 0.3) is 21.9 Å². The number of esters is 1. The molecule has 4 aromatic carbocycles. The Hall–Kier alpha value is -4.23. The van der Waals surface area contributed by atoms with Crippen LogP contribution in [0.5, 0.6) is 5.75 Å². The van der Waals surface area contributed by atoms with E-state index in [1.807, 2.05) is 30.3 Å². The van der Waals surface area contributed by atoms with Gasteiger partial charge in [0.05, 0.1) is 19.8 Å². The van der Waals surface area contributed by atoms with Gasteiger partial charge in [-0.25, -0.2) is 9.18 Å². The number of nitrogens with zero attached hydrogens (tertiary/aromatic N) is 1. The normalized spacial score (nSPS) is 15.4. The number of fused-ring (bicyclic) bond motifs is 1. The van der Waals surface area contributed by atoms with Crippen molar-refractivity contribution in [2.75, 3.05) is 33.9 Å². The van der Waals surface area contributed by atoms with Crippen LogP contribution in [-0.4, -0.2) is 56.7 Å². The number of hydrogen-bond acceptors (Lipinski definition) is 5. The van der Waals surface area contributed by atoms with Crippen LogP contribution < -0.4 is 10.1 Å². The summed E-state index contributed by atoms with van der Waals surface area (Å²) in [5.41, 5.74) is 5.01. The Morgan fingerprint density at radius 3 is 2.29 bits per heavy atom. The molecule has 7 heteroatoms. The lowest BCUT2D eigenvalue weighted by atomic mass is 9.82. The molecule has 5 rings (SSSR count). The van der Waals surface area contributed by atoms with Crippen LogP contribution in [0, 0.1) is 18.2 Å². The van der Waals surface area contributed by atoms with Gasteiger partial charge in [-0.15, -0.1) is 0 Å². The monoisotopic (exact) mass is 610 g/mol. The van der Waals surface area contributed by atoms with E-state index in [2.05, 4.69) is 48.3 Å². The number of rotatable bonds is 10. The number of ether oxygens (including phenoxy) is 2. The third-order valence-electron chi connectivity index (χ3n) is 9.19. The zero-order valence-electron chi connectivity index (χ0n) is 26.9. The lowest BCUT2D eigenvalue weighted by Gasteiger charge is -2.37. The summed E-state index contributed by atoms with van der Waals surface area (Å²) in [6.07, 6.45) is 3.49. The van der Waals surface area contributed by atoms with Gasteiger partial charge in [-0.3, -0.25) is 4.79 Å². The third-order valence-corrected chi connectivity index (χ3v) is 9.19. The summed E-state index contributed by atoms with van der Waals surface area (Å²) in [5.74, 6) is -1.08. The van der Waals surface area contributed by atoms with E-state index >= 15 is 0 Å². The molecule has 1 fully saturated rings. The molecule has 1 aliphatic heterocycles. The molecule has 1 amide bonds. The first-order chi connectivity index (χ1) is 21.6. The molecule has 0 aromatic heterocycles. The summed E-state index contributed by atoms with van der Waals surface area (Å²) < 4.78 is 25.5. The van der Waals surface area contributed by atoms with Crippen molar-refractivity contribution >= 4 is 22.6 Å². The second-order valence-electron chi connectivity index (χ2n) is 12.8. The zero-order valence-corrected chi connectivity index (χ0v) is 26.9. The maximum Gasteiger partial charge on any atom is 0.328 e. The molecule has 0 radical (unpaired) electrons. The Morgan fingerprint density at radius 1 is 0.911 bits per heavy atom. The van der Waals surface area contributed by atoms with E-state index in [9.17, 15) is 14.0 Å². The Kier molecular flexibility index (Phi) is 9.88. The number of hydrogen-bond donors (Lipinski definition) is 1. The number of halogens is 1. The molecule has 1 atom stereocenters. The van der Waals surface area contributed by atoms with E-state index in [-0.39, 0.29) is 12.0 Å². The van der Waals surface area contributed by atoms with Gasteiger partial charge in [0.1, 0.15) is 17.6 Å². The van der Waals surface area contributed by atoms with Gasteiger partial charge in [-0.1, -0.05) is 74.5 Å². The number of carbonyl (C=O) groups is 2. The molecule has 236 valence electrons. The van der Waals surface area contributed by atoms with Gasteiger partial charge in [-0.05, 0) is 89.8 Å². The molecule has 0 spiro atoms. The van der Waals surface area contributed by atoms with Gasteiger partial charge < -0.3 is 19.7 Å². The highest BCUT2D eigenvalue weighted by atomic mass is 19.1. The van der Waals surface area contributed by atoms with Crippen molar-refractivity contribution < 1.29 is 23.5 Å². The van der Waals surface area contributed by atoms with Crippen LogP contribution in [0.1, 0.15) is 53.7 Å². The number of amides is 1. The molecule has 45 heavy (non-hydrogen) atoms. The summed E-state index contributed by atoms with van der Waals surface area (Å²) in [5, 5.41) is 4.70. The lowest BCUT2D eigenvalue weighted by Crippen LogP contribution is -2.43. The van der Waals surface area contributed by atoms with E-state index in [0.29, 0.717) is 11.0 Å². The second kappa shape index (κ2) is 13.8. The van der Waals surface area contributed by atoms with Gasteiger partial charge >= 0.3 is 5.97 Å². The minimum absolute atomic E-state index is 0.0800. The third kappa shape index (κ3) is 7.20. The fourth-order valence-corrected chi connectivity index (χ4v) is 6.40. The second-order valence-corrected chi connectivity index (χ2v) is 12.8. The predicted octanol–water partition coefficient (Wildman–Crippen LogP) is 7.14. The molecule has 1 heterocycles. The van der Waals surface area contributed by atoms with Crippen molar-refractivity contribution in [2.24, 2.45) is 5.41 Å². The quantitative estimate of drug-likeness (QED) is 0.193. The van der Waals surface area contributed by atoms with Crippen molar-refractivity contribution in [1.82, 2.24) is 10.2 Å². The average Bonchev–Trinajstić information content (AvgIpc) is 3.03. The van der Waals surface area contributed by atoms with E-state index in [4.69, 9.17) is 9.47 Å². The average molecular weight is 611 g/mol. The summed E-state index contributed by atoms with van der Waals surface area (Å²) in [6.45, 7) is 9.57. The van der Waals surface area contributed by atoms with Crippen molar-refractivity contribution in [3.63, 3.8) is 0 Å². The SMILES string of the molecule is COC(=O)[C@H](Cc1cccc2c(-c3c(CCN4CCC(C)(C)CC4)cccc3OC)cccc12)NC(=O)c1c(C)cccc1F. The predicted molar refractivity (Wildman–Crippen MR) is 177 cm³/mol. The van der Waals surface area contributed by atoms with Crippen molar-refractivity contribution in [3.05, 3.63) is 101 Å². The van der Waals surface area contributed by atoms with Crippen LogP contribution in [0.2, 0.25) is 0 Å². The highest BCUT2D eigenvalue weighted by molar-refractivity contribution is 6.01. The number of likely N-dealkylation sites (tertiary alicyclic amines) is 1. The molecule has 0 saturated carbocycles. The minimum atomic E-state index is -1.01. The van der Waals surface area contributed by atoms with Crippen LogP contribution in [-0.2, 0) is 22.4 Å². The molecule has 1 N–H and O–H groups in total. The maximum absolute atomic E-state index is 14.6. The largest absolute Gasteiger partial charge is 0.496 e. The van der Waals surface area contributed by atoms with Crippen molar-refractivity contribution in [3.8, 4) is 16.9 Å². The Morgan fingerprint density at radius 2 is 1.58 bits per heavy atom. The molecule has 1 aliphatic rings. The first kappa shape index (κ1) is 32.2. The number of carbonyl (C=O) groups excluding carboxylic acids is 2. The van der Waals surface area contributed by atoms with Crippen molar-refractivity contribution in [1.29, 1.82) is 0 Å². The first-order valence-electron chi connectivity index (χ1n) is 15.6. The highest BCUT2D eigenvalue weighted by Crippen LogP contribution is 2.39. The van der Waals surface area contributed by atoms with Crippen LogP contribution >= 0.6 is 0 Å². The number of nitrogens with one attached hydrogen (secondary N) is 1. The number of benzene rings is 4. The number of aryl methyl sites for hydroxylation is 1. The lowest BCUT2D eigenvalue weighted by molar-refractivity contribution is -0.142. The maximum atomic E-state index is 14.6. The molecule has 0 bridgehead atoms. The number of piperidine rings is 1. The van der Waals surface area contributed by atoms with E-state index < -0.39 is 23.7 Å². The van der Waals surface area contributed by atoms with Gasteiger partial charge in [0.25, 0.3) is 5.91 Å². The molecule has 0 unspecified atom stereocenters. The summed E-state index contributed by atoms with van der Waals surface area (Å²) in [6, 6.07) is 21.8. The van der Waals surface area contributed by atoms with Crippen molar-refractivity contribution in [2.45, 2.75) is 52.5 Å². The molecule has 0 aliphatic carbocycles.